The zero-order valence-corrected chi connectivity index (χ0v) is 6.21. The van der Waals surface area contributed by atoms with Crippen molar-refractivity contribution in [3.8, 4) is 0 Å². The Bertz CT molecular complexity index is 147. The number of carboxylic acid groups (broad SMARTS) is 1. The highest BCUT2D eigenvalue weighted by Gasteiger charge is 2.55. The van der Waals surface area contributed by atoms with Gasteiger partial charge in [-0.2, -0.15) is 0 Å². The van der Waals surface area contributed by atoms with Crippen molar-refractivity contribution in [1.82, 2.24) is 0 Å². The van der Waals surface area contributed by atoms with E-state index in [1.807, 2.05) is 0 Å². The van der Waals surface area contributed by atoms with Crippen molar-refractivity contribution in [3.05, 3.63) is 0 Å². The molecule has 4 N–H and O–H groups in total. The van der Waals surface area contributed by atoms with Gasteiger partial charge in [0.2, 0.25) is 0 Å². The fourth-order valence-electron chi connectivity index (χ4n) is 1.54. The second-order valence-electron chi connectivity index (χ2n) is 2.98. The highest BCUT2D eigenvalue weighted by atomic mass is 16.4. The van der Waals surface area contributed by atoms with Crippen LogP contribution in [0.5, 0.6) is 0 Å². The molecular weight excluding hydrogens is 130 g/mol. The largest absolute Gasteiger partial charge is 0.481 e. The third-order valence-corrected chi connectivity index (χ3v) is 2.24. The Kier molecular flexibility index (Phi) is 1.94. The first-order valence-electron chi connectivity index (χ1n) is 3.74. The van der Waals surface area contributed by atoms with E-state index in [2.05, 4.69) is 12.7 Å². The van der Waals surface area contributed by atoms with Crippen molar-refractivity contribution in [3.63, 3.8) is 0 Å². The molecule has 0 heterocycles. The van der Waals surface area contributed by atoms with Gasteiger partial charge in [-0.3, -0.25) is 4.79 Å². The van der Waals surface area contributed by atoms with Gasteiger partial charge in [-0.05, 0) is 6.42 Å². The molecule has 58 valence electrons. The molecular formula is C7H14NO2+. The van der Waals surface area contributed by atoms with Crippen LogP contribution >= 0.6 is 0 Å². The molecule has 0 amide bonds. The number of rotatable bonds is 3. The first kappa shape index (κ1) is 7.54. The lowest BCUT2D eigenvalue weighted by atomic mass is 10.2. The maximum Gasteiger partial charge on any atom is 0.313 e. The minimum Gasteiger partial charge on any atom is -0.481 e. The third-order valence-electron chi connectivity index (χ3n) is 2.24. The number of hydrogen-bond donors (Lipinski definition) is 2. The smallest absolute Gasteiger partial charge is 0.313 e. The number of carboxylic acids is 1. The topological polar surface area (TPSA) is 64.9 Å². The summed E-state index contributed by atoms with van der Waals surface area (Å²) in [4.78, 5) is 10.4. The van der Waals surface area contributed by atoms with E-state index in [1.54, 1.807) is 0 Å². The van der Waals surface area contributed by atoms with Crippen LogP contribution < -0.4 is 5.73 Å². The van der Waals surface area contributed by atoms with Crippen molar-refractivity contribution < 1.29 is 15.6 Å². The summed E-state index contributed by atoms with van der Waals surface area (Å²) >= 11 is 0. The SMILES string of the molecule is CCCC1C([NH3+])C1C(=O)O. The Labute approximate surface area is 60.2 Å². The van der Waals surface area contributed by atoms with E-state index in [9.17, 15) is 4.79 Å². The van der Waals surface area contributed by atoms with Gasteiger partial charge >= 0.3 is 5.97 Å². The van der Waals surface area contributed by atoms with Crippen LogP contribution in [0.3, 0.4) is 0 Å². The molecule has 3 unspecified atom stereocenters. The van der Waals surface area contributed by atoms with Gasteiger partial charge in [0.15, 0.2) is 0 Å². The molecule has 1 aliphatic carbocycles. The molecule has 0 bridgehead atoms. The predicted octanol–water partition coefficient (Wildman–Crippen LogP) is -0.272. The first-order chi connectivity index (χ1) is 4.68. The van der Waals surface area contributed by atoms with Crippen LogP contribution in [0.2, 0.25) is 0 Å². The van der Waals surface area contributed by atoms with Gasteiger partial charge in [0.25, 0.3) is 0 Å². The zero-order valence-electron chi connectivity index (χ0n) is 6.21. The molecule has 0 radical (unpaired) electrons. The maximum absolute atomic E-state index is 10.4. The molecule has 1 rings (SSSR count). The summed E-state index contributed by atoms with van der Waals surface area (Å²) in [6.45, 7) is 2.07. The van der Waals surface area contributed by atoms with Gasteiger partial charge in [-0.15, -0.1) is 0 Å². The van der Waals surface area contributed by atoms with E-state index < -0.39 is 5.97 Å². The van der Waals surface area contributed by atoms with Gasteiger partial charge in [0, 0.05) is 5.92 Å². The van der Waals surface area contributed by atoms with Crippen LogP contribution in [0.25, 0.3) is 0 Å². The second kappa shape index (κ2) is 2.58. The normalized spacial score (nSPS) is 37.6. The second-order valence-corrected chi connectivity index (χ2v) is 2.98. The Balaban J connectivity index is 2.34. The van der Waals surface area contributed by atoms with Crippen molar-refractivity contribution in [1.29, 1.82) is 0 Å². The maximum atomic E-state index is 10.4. The molecule has 3 atom stereocenters. The molecule has 3 heteroatoms. The molecule has 0 aromatic heterocycles. The summed E-state index contributed by atoms with van der Waals surface area (Å²) in [5, 5.41) is 8.58. The van der Waals surface area contributed by atoms with Crippen molar-refractivity contribution >= 4 is 5.97 Å². The van der Waals surface area contributed by atoms with Crippen LogP contribution in [0.1, 0.15) is 19.8 Å². The average molecular weight is 144 g/mol. The van der Waals surface area contributed by atoms with Gasteiger partial charge in [-0.1, -0.05) is 13.3 Å². The quantitative estimate of drug-likeness (QED) is 0.572. The summed E-state index contributed by atoms with van der Waals surface area (Å²) in [6.07, 6.45) is 2.09. The summed E-state index contributed by atoms with van der Waals surface area (Å²) in [6, 6.07) is 0.178. The van der Waals surface area contributed by atoms with Crippen LogP contribution in [0.15, 0.2) is 0 Å². The van der Waals surface area contributed by atoms with Gasteiger partial charge < -0.3 is 10.8 Å². The molecule has 0 saturated heterocycles. The monoisotopic (exact) mass is 144 g/mol. The lowest BCUT2D eigenvalue weighted by molar-refractivity contribution is -0.392. The molecule has 0 spiro atoms. The van der Waals surface area contributed by atoms with E-state index in [0.717, 1.165) is 12.8 Å². The highest BCUT2D eigenvalue weighted by molar-refractivity contribution is 5.74. The molecule has 1 aliphatic rings. The molecule has 10 heavy (non-hydrogen) atoms. The van der Waals surface area contributed by atoms with E-state index >= 15 is 0 Å². The van der Waals surface area contributed by atoms with Gasteiger partial charge in [0.05, 0.1) is 0 Å². The Morgan fingerprint density at radius 3 is 2.60 bits per heavy atom. The highest BCUT2D eigenvalue weighted by Crippen LogP contribution is 2.39. The van der Waals surface area contributed by atoms with Gasteiger partial charge in [0.1, 0.15) is 12.0 Å². The standard InChI is InChI=1S/C7H13NO2/c1-2-3-4-5(6(4)8)7(9)10/h4-6H,2-3,8H2,1H3,(H,9,10)/p+1. The predicted molar refractivity (Wildman–Crippen MR) is 36.2 cm³/mol. The number of hydrogen-bond acceptors (Lipinski definition) is 1. The van der Waals surface area contributed by atoms with Crippen LogP contribution in [0, 0.1) is 11.8 Å². The summed E-state index contributed by atoms with van der Waals surface area (Å²) in [7, 11) is 0. The Hall–Kier alpha value is -0.570. The summed E-state index contributed by atoms with van der Waals surface area (Å²) < 4.78 is 0. The molecule has 0 aromatic rings. The number of carbonyl (C=O) groups is 1. The summed E-state index contributed by atoms with van der Waals surface area (Å²) in [5.41, 5.74) is 3.77. The first-order valence-corrected chi connectivity index (χ1v) is 3.74. The van der Waals surface area contributed by atoms with Crippen LogP contribution in [-0.4, -0.2) is 17.1 Å². The lowest BCUT2D eigenvalue weighted by Crippen LogP contribution is -2.55. The van der Waals surface area contributed by atoms with E-state index in [4.69, 9.17) is 5.11 Å². The zero-order chi connectivity index (χ0) is 7.72. The average Bonchev–Trinajstić information content (AvgIpc) is 2.43. The van der Waals surface area contributed by atoms with E-state index in [-0.39, 0.29) is 12.0 Å². The van der Waals surface area contributed by atoms with E-state index in [0.29, 0.717) is 5.92 Å². The minimum absolute atomic E-state index is 0.139. The van der Waals surface area contributed by atoms with Gasteiger partial charge in [-0.25, -0.2) is 0 Å². The Morgan fingerprint density at radius 1 is 1.70 bits per heavy atom. The summed E-state index contributed by atoms with van der Waals surface area (Å²) in [5.74, 6) is -0.444. The number of aliphatic carboxylic acids is 1. The van der Waals surface area contributed by atoms with Crippen molar-refractivity contribution in [2.75, 3.05) is 0 Å². The fourth-order valence-corrected chi connectivity index (χ4v) is 1.54. The molecule has 0 aliphatic heterocycles. The van der Waals surface area contributed by atoms with Crippen LogP contribution in [0.4, 0.5) is 0 Å². The molecule has 3 nitrogen and oxygen atoms in total. The number of quaternary nitrogens is 1. The Morgan fingerprint density at radius 2 is 2.30 bits per heavy atom. The van der Waals surface area contributed by atoms with E-state index in [1.165, 1.54) is 0 Å². The third kappa shape index (κ3) is 1.14. The molecule has 0 aromatic carbocycles. The van der Waals surface area contributed by atoms with Crippen molar-refractivity contribution in [2.24, 2.45) is 11.8 Å². The fraction of sp³-hybridized carbons (Fsp3) is 0.857. The molecule has 1 fully saturated rings. The lowest BCUT2D eigenvalue weighted by Gasteiger charge is -1.87. The molecule has 1 saturated carbocycles. The minimum atomic E-state index is -0.668. The van der Waals surface area contributed by atoms with Crippen LogP contribution in [-0.2, 0) is 4.79 Å². The van der Waals surface area contributed by atoms with Crippen molar-refractivity contribution in [2.45, 2.75) is 25.8 Å².